The summed E-state index contributed by atoms with van der Waals surface area (Å²) >= 11 is 3.56. The number of fused-ring (bicyclic) bond motifs is 1. The molecule has 0 aliphatic rings. The number of thioether (sulfide) groups is 1. The molecule has 0 amide bonds. The van der Waals surface area contributed by atoms with Crippen LogP contribution in [-0.2, 0) is 4.43 Å². The van der Waals surface area contributed by atoms with Gasteiger partial charge in [-0.1, -0.05) is 20.8 Å². The summed E-state index contributed by atoms with van der Waals surface area (Å²) in [5.74, 6) is 0.971. The second-order valence-corrected chi connectivity index (χ2v) is 10.3. The van der Waals surface area contributed by atoms with E-state index >= 15 is 0 Å². The molecule has 6 heteroatoms. The molecule has 2 heterocycles. The molecule has 0 aliphatic carbocycles. The molecule has 2 aromatic heterocycles. The number of nitrogens with zero attached hydrogens (tertiary/aromatic N) is 2. The third-order valence-electron chi connectivity index (χ3n) is 2.89. The number of thiazole rings is 1. The predicted octanol–water partition coefficient (Wildman–Crippen LogP) is 3.90. The van der Waals surface area contributed by atoms with Gasteiger partial charge in [0.15, 0.2) is 9.04 Å². The van der Waals surface area contributed by atoms with Gasteiger partial charge in [0.2, 0.25) is 0 Å². The zero-order valence-corrected chi connectivity index (χ0v) is 15.0. The Kier molecular flexibility index (Phi) is 4.76. The first kappa shape index (κ1) is 15.1. The fourth-order valence-electron chi connectivity index (χ4n) is 1.79. The summed E-state index contributed by atoms with van der Waals surface area (Å²) in [5, 5.41) is 3.22. The molecular formula is C13H22N2OS2Si. The molecule has 19 heavy (non-hydrogen) atoms. The first-order chi connectivity index (χ1) is 8.88. The van der Waals surface area contributed by atoms with E-state index in [4.69, 9.17) is 4.43 Å². The van der Waals surface area contributed by atoms with Gasteiger partial charge in [-0.15, -0.1) is 23.1 Å². The summed E-state index contributed by atoms with van der Waals surface area (Å²) in [5.41, 5.74) is 0.179. The topological polar surface area (TPSA) is 26.5 Å². The van der Waals surface area contributed by atoms with Crippen LogP contribution >= 0.6 is 23.1 Å². The Bertz CT molecular complexity index is 530. The molecule has 0 radical (unpaired) electrons. The zero-order chi connectivity index (χ0) is 14.0. The van der Waals surface area contributed by atoms with Crippen LogP contribution in [0.5, 0.6) is 0 Å². The zero-order valence-electron chi connectivity index (χ0n) is 12.2. The molecule has 1 atom stereocenters. The first-order valence-electron chi connectivity index (χ1n) is 6.56. The highest BCUT2D eigenvalue weighted by molar-refractivity contribution is 7.99. The lowest BCUT2D eigenvalue weighted by Crippen LogP contribution is -2.35. The average molecular weight is 315 g/mol. The lowest BCUT2D eigenvalue weighted by atomic mass is 9.90. The highest BCUT2D eigenvalue weighted by atomic mass is 32.2. The van der Waals surface area contributed by atoms with Gasteiger partial charge >= 0.3 is 0 Å². The molecule has 2 aromatic rings. The van der Waals surface area contributed by atoms with Crippen LogP contribution in [0.3, 0.4) is 0 Å². The van der Waals surface area contributed by atoms with Gasteiger partial charge in [-0.25, -0.2) is 4.98 Å². The Labute approximate surface area is 125 Å². The quantitative estimate of drug-likeness (QED) is 0.618. The standard InChI is InChI=1S/C13H22N2OS2Si/c1-13(2,3)10(16-19(4)5)8-18-11-12-15(9-14-11)6-7-17-12/h6-7,9-10,19H,8H2,1-5H3. The molecule has 0 spiro atoms. The number of hydrogen-bond acceptors (Lipinski definition) is 4. The Morgan fingerprint density at radius 1 is 1.47 bits per heavy atom. The van der Waals surface area contributed by atoms with Gasteiger partial charge in [0.1, 0.15) is 16.2 Å². The fraction of sp³-hybridized carbons (Fsp3) is 0.615. The van der Waals surface area contributed by atoms with Gasteiger partial charge in [-0.05, 0) is 18.5 Å². The number of imidazole rings is 1. The van der Waals surface area contributed by atoms with E-state index in [1.165, 1.54) is 4.83 Å². The smallest absolute Gasteiger partial charge is 0.171 e. The second-order valence-electron chi connectivity index (χ2n) is 6.02. The maximum Gasteiger partial charge on any atom is 0.171 e. The van der Waals surface area contributed by atoms with Crippen LogP contribution in [0.1, 0.15) is 20.8 Å². The molecule has 0 saturated heterocycles. The molecule has 2 rings (SSSR count). The summed E-state index contributed by atoms with van der Waals surface area (Å²) in [6, 6.07) is 0. The van der Waals surface area contributed by atoms with E-state index in [2.05, 4.69) is 54.8 Å². The van der Waals surface area contributed by atoms with Crippen LogP contribution in [0.15, 0.2) is 22.9 Å². The fourth-order valence-corrected chi connectivity index (χ4v) is 5.35. The van der Waals surface area contributed by atoms with Crippen molar-refractivity contribution in [2.45, 2.75) is 45.0 Å². The van der Waals surface area contributed by atoms with Crippen molar-refractivity contribution in [2.75, 3.05) is 5.75 Å². The molecule has 0 fully saturated rings. The molecule has 0 saturated carbocycles. The Morgan fingerprint density at radius 3 is 2.84 bits per heavy atom. The lowest BCUT2D eigenvalue weighted by Gasteiger charge is -2.32. The third kappa shape index (κ3) is 3.84. The van der Waals surface area contributed by atoms with Crippen LogP contribution in [0, 0.1) is 5.41 Å². The monoisotopic (exact) mass is 314 g/mol. The second kappa shape index (κ2) is 5.99. The third-order valence-corrected chi connectivity index (χ3v) is 5.82. The minimum absolute atomic E-state index is 0.179. The van der Waals surface area contributed by atoms with Crippen LogP contribution in [0.25, 0.3) is 4.83 Å². The average Bonchev–Trinajstić information content (AvgIpc) is 2.85. The predicted molar refractivity (Wildman–Crippen MR) is 87.0 cm³/mol. The van der Waals surface area contributed by atoms with Crippen molar-refractivity contribution in [1.29, 1.82) is 0 Å². The highest BCUT2D eigenvalue weighted by Gasteiger charge is 2.26. The highest BCUT2D eigenvalue weighted by Crippen LogP contribution is 2.31. The lowest BCUT2D eigenvalue weighted by molar-refractivity contribution is 0.108. The van der Waals surface area contributed by atoms with Gasteiger partial charge in [-0.2, -0.15) is 0 Å². The van der Waals surface area contributed by atoms with E-state index in [9.17, 15) is 0 Å². The largest absolute Gasteiger partial charge is 0.416 e. The van der Waals surface area contributed by atoms with Crippen LogP contribution < -0.4 is 0 Å². The van der Waals surface area contributed by atoms with E-state index in [-0.39, 0.29) is 5.41 Å². The van der Waals surface area contributed by atoms with Crippen molar-refractivity contribution in [3.05, 3.63) is 17.9 Å². The van der Waals surface area contributed by atoms with E-state index < -0.39 is 9.04 Å². The minimum Gasteiger partial charge on any atom is -0.416 e. The van der Waals surface area contributed by atoms with Crippen molar-refractivity contribution in [3.63, 3.8) is 0 Å². The summed E-state index contributed by atoms with van der Waals surface area (Å²) in [6.45, 7) is 11.2. The van der Waals surface area contributed by atoms with E-state index in [0.717, 1.165) is 10.8 Å². The maximum atomic E-state index is 6.19. The summed E-state index contributed by atoms with van der Waals surface area (Å²) in [7, 11) is -1.01. The number of rotatable bonds is 5. The number of hydrogen-bond donors (Lipinski definition) is 0. The van der Waals surface area contributed by atoms with Crippen LogP contribution in [-0.4, -0.2) is 30.3 Å². The van der Waals surface area contributed by atoms with E-state index in [1.807, 2.05) is 18.1 Å². The van der Waals surface area contributed by atoms with Gasteiger partial charge in [0.05, 0.1) is 6.10 Å². The summed E-state index contributed by atoms with van der Waals surface area (Å²) in [6.07, 6.45) is 4.23. The molecule has 0 aliphatic heterocycles. The minimum atomic E-state index is -1.01. The molecular weight excluding hydrogens is 292 g/mol. The van der Waals surface area contributed by atoms with Crippen molar-refractivity contribution < 1.29 is 4.43 Å². The molecule has 106 valence electrons. The first-order valence-corrected chi connectivity index (χ1v) is 11.2. The molecule has 0 N–H and O–H groups in total. The molecule has 1 unspecified atom stereocenters. The van der Waals surface area contributed by atoms with Crippen LogP contribution in [0.2, 0.25) is 13.1 Å². The number of aromatic nitrogens is 2. The van der Waals surface area contributed by atoms with E-state index in [0.29, 0.717) is 6.10 Å². The summed E-state index contributed by atoms with van der Waals surface area (Å²) < 4.78 is 8.27. The Hall–Kier alpha value is -0.303. The Morgan fingerprint density at radius 2 is 2.21 bits per heavy atom. The van der Waals surface area contributed by atoms with Crippen LogP contribution in [0.4, 0.5) is 0 Å². The van der Waals surface area contributed by atoms with Gasteiger partial charge in [-0.3, -0.25) is 4.40 Å². The van der Waals surface area contributed by atoms with Gasteiger partial charge in [0.25, 0.3) is 0 Å². The normalized spacial score (nSPS) is 14.4. The van der Waals surface area contributed by atoms with Crippen molar-refractivity contribution in [2.24, 2.45) is 5.41 Å². The maximum absolute atomic E-state index is 6.19. The molecule has 0 aromatic carbocycles. The Balaban J connectivity index is 2.04. The van der Waals surface area contributed by atoms with Gasteiger partial charge < -0.3 is 4.43 Å². The molecule has 0 bridgehead atoms. The van der Waals surface area contributed by atoms with Gasteiger partial charge in [0, 0.05) is 17.3 Å². The SMILES string of the molecule is C[SiH](C)OC(CSc1ncn2ccsc12)C(C)(C)C. The molecule has 3 nitrogen and oxygen atoms in total. The van der Waals surface area contributed by atoms with Crippen molar-refractivity contribution >= 4 is 37.0 Å². The van der Waals surface area contributed by atoms with Crippen molar-refractivity contribution in [3.8, 4) is 0 Å². The van der Waals surface area contributed by atoms with E-state index in [1.54, 1.807) is 11.3 Å². The van der Waals surface area contributed by atoms with Crippen molar-refractivity contribution in [1.82, 2.24) is 9.38 Å². The summed E-state index contributed by atoms with van der Waals surface area (Å²) in [4.78, 5) is 5.72.